The van der Waals surface area contributed by atoms with Gasteiger partial charge in [0.2, 0.25) is 5.91 Å². The van der Waals surface area contributed by atoms with Crippen LogP contribution in [0.1, 0.15) is 29.9 Å². The summed E-state index contributed by atoms with van der Waals surface area (Å²) in [4.78, 5) is 26.8. The first-order valence-electron chi connectivity index (χ1n) is 9.77. The molecule has 2 saturated heterocycles. The van der Waals surface area contributed by atoms with Gasteiger partial charge in [-0.1, -0.05) is 53.5 Å². The third-order valence-corrected chi connectivity index (χ3v) is 6.55. The summed E-state index contributed by atoms with van der Waals surface area (Å²) in [7, 11) is 1.59. The maximum absolute atomic E-state index is 12.8. The second kappa shape index (κ2) is 8.74. The van der Waals surface area contributed by atoms with Crippen LogP contribution in [0.5, 0.6) is 5.75 Å². The first-order valence-corrected chi connectivity index (χ1v) is 10.5. The molecule has 158 valence electrons. The number of hydrogen-bond donors (Lipinski definition) is 1. The van der Waals surface area contributed by atoms with Crippen LogP contribution in [0, 0.1) is 0 Å². The number of amides is 2. The number of rotatable bonds is 5. The van der Waals surface area contributed by atoms with Crippen molar-refractivity contribution in [3.63, 3.8) is 0 Å². The highest BCUT2D eigenvalue weighted by Gasteiger charge is 2.47. The molecule has 2 aliphatic rings. The number of alkyl carbamates (subject to hydrolysis) is 1. The van der Waals surface area contributed by atoms with Crippen LogP contribution in [0.15, 0.2) is 42.5 Å². The molecule has 2 heterocycles. The minimum Gasteiger partial charge on any atom is -0.496 e. The number of benzene rings is 2. The molecule has 2 aromatic rings. The van der Waals surface area contributed by atoms with Crippen molar-refractivity contribution in [2.75, 3.05) is 13.7 Å². The largest absolute Gasteiger partial charge is 0.496 e. The monoisotopic (exact) mass is 448 g/mol. The van der Waals surface area contributed by atoms with Gasteiger partial charge in [0.1, 0.15) is 18.4 Å². The topological polar surface area (TPSA) is 67.9 Å². The Morgan fingerprint density at radius 3 is 2.63 bits per heavy atom. The average Bonchev–Trinajstić information content (AvgIpc) is 3.28. The molecule has 30 heavy (non-hydrogen) atoms. The Morgan fingerprint density at radius 2 is 1.93 bits per heavy atom. The van der Waals surface area contributed by atoms with E-state index in [9.17, 15) is 9.59 Å². The predicted octanol–water partition coefficient (Wildman–Crippen LogP) is 4.39. The van der Waals surface area contributed by atoms with Crippen molar-refractivity contribution in [2.45, 2.75) is 37.5 Å². The number of carbonyl (C=O) groups excluding carboxylic acids is 2. The number of fused-ring (bicyclic) bond motifs is 1. The molecule has 8 heteroatoms. The molecule has 0 saturated carbocycles. The van der Waals surface area contributed by atoms with E-state index in [4.69, 9.17) is 32.7 Å². The van der Waals surface area contributed by atoms with Crippen LogP contribution >= 0.6 is 23.2 Å². The van der Waals surface area contributed by atoms with E-state index in [1.54, 1.807) is 19.2 Å². The first kappa shape index (κ1) is 20.8. The van der Waals surface area contributed by atoms with E-state index in [-0.39, 0.29) is 24.5 Å². The molecule has 0 bridgehead atoms. The molecule has 0 spiro atoms. The molecule has 0 aromatic heterocycles. The van der Waals surface area contributed by atoms with E-state index < -0.39 is 12.1 Å². The maximum atomic E-state index is 12.8. The van der Waals surface area contributed by atoms with Crippen LogP contribution in [-0.4, -0.2) is 42.6 Å². The third-order valence-electron chi connectivity index (χ3n) is 5.73. The second-order valence-electron chi connectivity index (χ2n) is 7.55. The lowest BCUT2D eigenvalue weighted by molar-refractivity contribution is -0.129. The average molecular weight is 449 g/mol. The van der Waals surface area contributed by atoms with E-state index in [0.717, 1.165) is 17.5 Å². The highest BCUT2D eigenvalue weighted by molar-refractivity contribution is 6.42. The van der Waals surface area contributed by atoms with Gasteiger partial charge in [0.25, 0.3) is 0 Å². The van der Waals surface area contributed by atoms with Crippen molar-refractivity contribution in [3.8, 4) is 5.75 Å². The van der Waals surface area contributed by atoms with Crippen molar-refractivity contribution in [1.29, 1.82) is 0 Å². The third kappa shape index (κ3) is 4.07. The van der Waals surface area contributed by atoms with Gasteiger partial charge < -0.3 is 19.7 Å². The Labute approximate surface area is 185 Å². The van der Waals surface area contributed by atoms with Crippen molar-refractivity contribution >= 4 is 35.2 Å². The standard InChI is InChI=1S/C22H22Cl2N2O4/c1-29-18-8-7-16(23)20(24)19(18)14-9-15-10-17(21(27)26(15)11-14)25-22(28)30-12-13-5-3-2-4-6-13/h2-8,14-15,17H,9-12H2,1H3,(H,25,28)/t14-,15?,17?/m0/s1. The molecule has 0 aliphatic carbocycles. The Hall–Kier alpha value is -2.44. The second-order valence-corrected chi connectivity index (χ2v) is 8.33. The maximum Gasteiger partial charge on any atom is 0.408 e. The molecular formula is C22H22Cl2N2O4. The smallest absolute Gasteiger partial charge is 0.408 e. The van der Waals surface area contributed by atoms with Crippen molar-refractivity contribution in [1.82, 2.24) is 10.2 Å². The highest BCUT2D eigenvalue weighted by atomic mass is 35.5. The molecule has 3 atom stereocenters. The lowest BCUT2D eigenvalue weighted by Gasteiger charge is -2.19. The fraction of sp³-hybridized carbons (Fsp3) is 0.364. The molecule has 2 amide bonds. The Balaban J connectivity index is 1.37. The van der Waals surface area contributed by atoms with Gasteiger partial charge in [-0.2, -0.15) is 0 Å². The Bertz CT molecular complexity index is 954. The summed E-state index contributed by atoms with van der Waals surface area (Å²) < 4.78 is 10.7. The lowest BCUT2D eigenvalue weighted by atomic mass is 9.93. The van der Waals surface area contributed by atoms with E-state index in [1.807, 2.05) is 35.2 Å². The van der Waals surface area contributed by atoms with E-state index in [1.165, 1.54) is 0 Å². The molecule has 2 fully saturated rings. The van der Waals surface area contributed by atoms with E-state index in [0.29, 0.717) is 28.8 Å². The van der Waals surface area contributed by atoms with Crippen molar-refractivity contribution in [2.24, 2.45) is 0 Å². The van der Waals surface area contributed by atoms with Gasteiger partial charge >= 0.3 is 6.09 Å². The molecule has 0 radical (unpaired) electrons. The summed E-state index contributed by atoms with van der Waals surface area (Å²) in [5, 5.41) is 3.63. The number of methoxy groups -OCH3 is 1. The van der Waals surface area contributed by atoms with E-state index >= 15 is 0 Å². The summed E-state index contributed by atoms with van der Waals surface area (Å²) in [6, 6.07) is 12.4. The van der Waals surface area contributed by atoms with Gasteiger partial charge in [0.05, 0.1) is 17.2 Å². The van der Waals surface area contributed by atoms with Crippen LogP contribution in [-0.2, 0) is 16.1 Å². The number of hydrogen-bond acceptors (Lipinski definition) is 4. The van der Waals surface area contributed by atoms with Gasteiger partial charge in [0.15, 0.2) is 0 Å². The molecule has 2 aromatic carbocycles. The Kier molecular flexibility index (Phi) is 6.06. The molecule has 6 nitrogen and oxygen atoms in total. The SMILES string of the molecule is COc1ccc(Cl)c(Cl)c1[C@H]1CC2CC(NC(=O)OCc3ccccc3)C(=O)N2C1. The number of ether oxygens (including phenoxy) is 2. The normalized spacial score (nSPS) is 22.7. The lowest BCUT2D eigenvalue weighted by Crippen LogP contribution is -2.42. The quantitative estimate of drug-likeness (QED) is 0.736. The summed E-state index contributed by atoms with van der Waals surface area (Å²) in [5.74, 6) is 0.601. The van der Waals surface area contributed by atoms with Crippen LogP contribution < -0.4 is 10.1 Å². The zero-order valence-corrected chi connectivity index (χ0v) is 17.9. The van der Waals surface area contributed by atoms with Gasteiger partial charge in [-0.25, -0.2) is 4.79 Å². The van der Waals surface area contributed by atoms with Crippen molar-refractivity contribution < 1.29 is 19.1 Å². The summed E-state index contributed by atoms with van der Waals surface area (Å²) >= 11 is 12.6. The van der Waals surface area contributed by atoms with Crippen LogP contribution in [0.3, 0.4) is 0 Å². The predicted molar refractivity (Wildman–Crippen MR) is 114 cm³/mol. The first-order chi connectivity index (χ1) is 14.5. The fourth-order valence-electron chi connectivity index (χ4n) is 4.33. The van der Waals surface area contributed by atoms with Gasteiger partial charge in [0, 0.05) is 24.1 Å². The fourth-order valence-corrected chi connectivity index (χ4v) is 4.80. The number of nitrogens with one attached hydrogen (secondary N) is 1. The van der Waals surface area contributed by atoms with E-state index in [2.05, 4.69) is 5.32 Å². The number of nitrogens with zero attached hydrogens (tertiary/aromatic N) is 1. The molecule has 1 N–H and O–H groups in total. The number of halogens is 2. The zero-order chi connectivity index (χ0) is 21.3. The van der Waals surface area contributed by atoms with Crippen LogP contribution in [0.25, 0.3) is 0 Å². The number of carbonyl (C=O) groups is 2. The van der Waals surface area contributed by atoms with Gasteiger partial charge in [-0.3, -0.25) is 4.79 Å². The van der Waals surface area contributed by atoms with Gasteiger partial charge in [-0.05, 0) is 30.5 Å². The highest BCUT2D eigenvalue weighted by Crippen LogP contribution is 2.45. The molecule has 2 aliphatic heterocycles. The summed E-state index contributed by atoms with van der Waals surface area (Å²) in [5.41, 5.74) is 1.72. The van der Waals surface area contributed by atoms with Gasteiger partial charge in [-0.15, -0.1) is 0 Å². The van der Waals surface area contributed by atoms with Crippen molar-refractivity contribution in [3.05, 3.63) is 63.6 Å². The Morgan fingerprint density at radius 1 is 1.17 bits per heavy atom. The zero-order valence-electron chi connectivity index (χ0n) is 16.4. The molecule has 4 rings (SSSR count). The van der Waals surface area contributed by atoms with Crippen LogP contribution in [0.2, 0.25) is 10.0 Å². The molecule has 2 unspecified atom stereocenters. The summed E-state index contributed by atoms with van der Waals surface area (Å²) in [6.45, 7) is 0.674. The van der Waals surface area contributed by atoms with Crippen LogP contribution in [0.4, 0.5) is 4.79 Å². The summed E-state index contributed by atoms with van der Waals surface area (Å²) in [6.07, 6.45) is 0.685. The minimum atomic E-state index is -0.588. The minimum absolute atomic E-state index is 0.0293. The molecular weight excluding hydrogens is 427 g/mol.